The van der Waals surface area contributed by atoms with Gasteiger partial charge in [0.15, 0.2) is 0 Å². The highest BCUT2D eigenvalue weighted by molar-refractivity contribution is 6.36. The van der Waals surface area contributed by atoms with E-state index in [9.17, 15) is 19.7 Å². The Kier molecular flexibility index (Phi) is 4.06. The predicted molar refractivity (Wildman–Crippen MR) is 92.6 cm³/mol. The van der Waals surface area contributed by atoms with E-state index >= 15 is 0 Å². The molecule has 7 nitrogen and oxygen atoms in total. The Labute approximate surface area is 143 Å². The van der Waals surface area contributed by atoms with Crippen molar-refractivity contribution in [2.45, 2.75) is 6.92 Å². The van der Waals surface area contributed by atoms with Gasteiger partial charge in [-0.15, -0.1) is 0 Å². The van der Waals surface area contributed by atoms with E-state index in [0.29, 0.717) is 11.3 Å². The molecule has 0 radical (unpaired) electrons. The van der Waals surface area contributed by atoms with Crippen LogP contribution in [-0.4, -0.2) is 28.7 Å². The van der Waals surface area contributed by atoms with Gasteiger partial charge in [0.1, 0.15) is 5.70 Å². The molecule has 126 valence electrons. The SMILES string of the molecule is Cc1cccc(NC2=C(c3ccc([N+](=O)[O-])cc3)C(=O)N(C)C2=O)c1. The molecule has 1 aliphatic heterocycles. The van der Waals surface area contributed by atoms with Crippen molar-refractivity contribution >= 4 is 28.8 Å². The maximum atomic E-state index is 12.5. The Morgan fingerprint density at radius 3 is 2.32 bits per heavy atom. The number of imide groups is 1. The van der Waals surface area contributed by atoms with Crippen molar-refractivity contribution in [2.24, 2.45) is 0 Å². The zero-order valence-corrected chi connectivity index (χ0v) is 13.6. The number of non-ortho nitro benzene ring substituents is 1. The second kappa shape index (κ2) is 6.20. The second-order valence-corrected chi connectivity index (χ2v) is 5.72. The maximum absolute atomic E-state index is 12.5. The molecule has 0 aliphatic carbocycles. The number of anilines is 1. The molecule has 2 aromatic rings. The topological polar surface area (TPSA) is 92.6 Å². The van der Waals surface area contributed by atoms with Gasteiger partial charge in [0.05, 0.1) is 10.5 Å². The minimum absolute atomic E-state index is 0.0809. The molecule has 0 bridgehead atoms. The van der Waals surface area contributed by atoms with Gasteiger partial charge in [-0.2, -0.15) is 0 Å². The third-order valence-corrected chi connectivity index (χ3v) is 3.94. The van der Waals surface area contributed by atoms with Crippen LogP contribution in [0.15, 0.2) is 54.2 Å². The average molecular weight is 337 g/mol. The van der Waals surface area contributed by atoms with Crippen LogP contribution in [0.25, 0.3) is 5.57 Å². The summed E-state index contributed by atoms with van der Waals surface area (Å²) in [6.45, 7) is 1.92. The lowest BCUT2D eigenvalue weighted by Crippen LogP contribution is -2.27. The third-order valence-electron chi connectivity index (χ3n) is 3.94. The molecule has 7 heteroatoms. The number of nitrogens with one attached hydrogen (secondary N) is 1. The molecule has 0 aromatic heterocycles. The minimum atomic E-state index is -0.516. The molecule has 0 saturated carbocycles. The van der Waals surface area contributed by atoms with Crippen molar-refractivity contribution in [1.82, 2.24) is 4.90 Å². The summed E-state index contributed by atoms with van der Waals surface area (Å²) in [7, 11) is 1.40. The van der Waals surface area contributed by atoms with Gasteiger partial charge in [-0.25, -0.2) is 0 Å². The summed E-state index contributed by atoms with van der Waals surface area (Å²) >= 11 is 0. The van der Waals surface area contributed by atoms with E-state index in [1.807, 2.05) is 25.1 Å². The molecule has 0 atom stereocenters. The van der Waals surface area contributed by atoms with E-state index in [2.05, 4.69) is 5.32 Å². The number of likely N-dealkylation sites (N-methyl/N-ethyl adjacent to an activating group) is 1. The zero-order chi connectivity index (χ0) is 18.1. The molecule has 1 aliphatic rings. The van der Waals surface area contributed by atoms with Crippen LogP contribution in [0.3, 0.4) is 0 Å². The quantitative estimate of drug-likeness (QED) is 0.526. The van der Waals surface area contributed by atoms with Gasteiger partial charge in [-0.3, -0.25) is 24.6 Å². The highest BCUT2D eigenvalue weighted by Crippen LogP contribution is 2.30. The largest absolute Gasteiger partial charge is 0.350 e. The number of nitro benzene ring substituents is 1. The Morgan fingerprint density at radius 2 is 1.72 bits per heavy atom. The van der Waals surface area contributed by atoms with Crippen LogP contribution >= 0.6 is 0 Å². The van der Waals surface area contributed by atoms with Crippen LogP contribution in [0.2, 0.25) is 0 Å². The van der Waals surface area contributed by atoms with E-state index in [-0.39, 0.29) is 17.0 Å². The van der Waals surface area contributed by atoms with Crippen LogP contribution in [0, 0.1) is 17.0 Å². The van der Waals surface area contributed by atoms with Crippen molar-refractivity contribution < 1.29 is 14.5 Å². The minimum Gasteiger partial charge on any atom is -0.350 e. The lowest BCUT2D eigenvalue weighted by Gasteiger charge is -2.09. The Hall–Kier alpha value is -3.48. The fourth-order valence-corrected chi connectivity index (χ4v) is 2.64. The number of nitrogens with zero attached hydrogens (tertiary/aromatic N) is 2. The van der Waals surface area contributed by atoms with Crippen molar-refractivity contribution in [3.8, 4) is 0 Å². The molecule has 0 saturated heterocycles. The number of rotatable bonds is 4. The number of nitro groups is 1. The molecule has 25 heavy (non-hydrogen) atoms. The number of carbonyl (C=O) groups excluding carboxylic acids is 2. The lowest BCUT2D eigenvalue weighted by atomic mass is 10.0. The van der Waals surface area contributed by atoms with Gasteiger partial charge in [-0.1, -0.05) is 12.1 Å². The number of hydrogen-bond donors (Lipinski definition) is 1. The molecule has 1 N–H and O–H groups in total. The number of benzene rings is 2. The van der Waals surface area contributed by atoms with Gasteiger partial charge in [-0.05, 0) is 42.3 Å². The molecular formula is C18H15N3O4. The van der Waals surface area contributed by atoms with Crippen LogP contribution in [0.1, 0.15) is 11.1 Å². The molecule has 3 rings (SSSR count). The number of aryl methyl sites for hydroxylation is 1. The molecular weight excluding hydrogens is 322 g/mol. The van der Waals surface area contributed by atoms with E-state index < -0.39 is 16.7 Å². The summed E-state index contributed by atoms with van der Waals surface area (Å²) in [5.74, 6) is -0.895. The lowest BCUT2D eigenvalue weighted by molar-refractivity contribution is -0.384. The summed E-state index contributed by atoms with van der Waals surface area (Å²) in [4.78, 5) is 36.2. The predicted octanol–water partition coefficient (Wildman–Crippen LogP) is 2.73. The number of hydrogen-bond acceptors (Lipinski definition) is 5. The normalized spacial score (nSPS) is 14.2. The van der Waals surface area contributed by atoms with Gasteiger partial charge in [0.2, 0.25) is 0 Å². The third kappa shape index (κ3) is 2.99. The molecule has 0 unspecified atom stereocenters. The molecule has 0 fully saturated rings. The first-order valence-electron chi connectivity index (χ1n) is 7.53. The Balaban J connectivity index is 2.06. The van der Waals surface area contributed by atoms with Crippen molar-refractivity contribution in [3.05, 3.63) is 75.5 Å². The van der Waals surface area contributed by atoms with E-state index in [0.717, 1.165) is 10.5 Å². The van der Waals surface area contributed by atoms with Crippen LogP contribution in [0.4, 0.5) is 11.4 Å². The number of amides is 2. The molecule has 0 spiro atoms. The number of carbonyl (C=O) groups is 2. The maximum Gasteiger partial charge on any atom is 0.277 e. The summed E-state index contributed by atoms with van der Waals surface area (Å²) in [6.07, 6.45) is 0. The van der Waals surface area contributed by atoms with Crippen LogP contribution in [0.5, 0.6) is 0 Å². The van der Waals surface area contributed by atoms with Gasteiger partial charge in [0, 0.05) is 24.9 Å². The van der Waals surface area contributed by atoms with Gasteiger partial charge < -0.3 is 5.32 Å². The fraction of sp³-hybridized carbons (Fsp3) is 0.111. The summed E-state index contributed by atoms with van der Waals surface area (Å²) in [5.41, 5.74) is 2.42. The van der Waals surface area contributed by atoms with Crippen molar-refractivity contribution in [1.29, 1.82) is 0 Å². The smallest absolute Gasteiger partial charge is 0.277 e. The van der Waals surface area contributed by atoms with Crippen LogP contribution < -0.4 is 5.32 Å². The van der Waals surface area contributed by atoms with Crippen LogP contribution in [-0.2, 0) is 9.59 Å². The highest BCUT2D eigenvalue weighted by atomic mass is 16.6. The highest BCUT2D eigenvalue weighted by Gasteiger charge is 2.36. The zero-order valence-electron chi connectivity index (χ0n) is 13.6. The van der Waals surface area contributed by atoms with Crippen molar-refractivity contribution in [3.63, 3.8) is 0 Å². The van der Waals surface area contributed by atoms with E-state index in [1.54, 1.807) is 6.07 Å². The first kappa shape index (κ1) is 16.4. The average Bonchev–Trinajstić information content (AvgIpc) is 2.79. The monoisotopic (exact) mass is 337 g/mol. The fourth-order valence-electron chi connectivity index (χ4n) is 2.64. The van der Waals surface area contributed by atoms with E-state index in [4.69, 9.17) is 0 Å². The first-order valence-corrected chi connectivity index (χ1v) is 7.53. The first-order chi connectivity index (χ1) is 11.9. The Bertz CT molecular complexity index is 916. The van der Waals surface area contributed by atoms with Crippen molar-refractivity contribution in [2.75, 3.05) is 12.4 Å². The summed E-state index contributed by atoms with van der Waals surface area (Å²) < 4.78 is 0. The second-order valence-electron chi connectivity index (χ2n) is 5.72. The Morgan fingerprint density at radius 1 is 1.04 bits per heavy atom. The van der Waals surface area contributed by atoms with Gasteiger partial charge in [0.25, 0.3) is 17.5 Å². The van der Waals surface area contributed by atoms with E-state index in [1.165, 1.54) is 31.3 Å². The summed E-state index contributed by atoms with van der Waals surface area (Å²) in [5, 5.41) is 13.8. The standard InChI is InChI=1S/C18H15N3O4/c1-11-4-3-5-13(10-11)19-16-15(17(22)20(2)18(16)23)12-6-8-14(9-7-12)21(24)25/h3-10,19H,1-2H3. The molecule has 2 amide bonds. The molecule has 2 aromatic carbocycles. The molecule has 1 heterocycles. The summed E-state index contributed by atoms with van der Waals surface area (Å²) in [6, 6.07) is 13.0. The van der Waals surface area contributed by atoms with Gasteiger partial charge >= 0.3 is 0 Å².